The van der Waals surface area contributed by atoms with Gasteiger partial charge in [0.05, 0.1) is 22.6 Å². The van der Waals surface area contributed by atoms with Crippen LogP contribution in [0.15, 0.2) is 18.2 Å². The molecule has 1 N–H and O–H groups in total. The molecule has 0 atom stereocenters. The van der Waals surface area contributed by atoms with Gasteiger partial charge in [-0.3, -0.25) is 0 Å². The van der Waals surface area contributed by atoms with Crippen LogP contribution in [0.3, 0.4) is 0 Å². The minimum Gasteiger partial charge on any atom is -0.437 e. The van der Waals surface area contributed by atoms with Crippen LogP contribution < -0.4 is 10.1 Å². The SMILES string of the molecule is CCc1cc(/C=C/C#N)cc(Cl)c1Oc1nc(NC23CC(C#N)(C2)C3)nc2c1CCC2(F)F. The van der Waals surface area contributed by atoms with Crippen LogP contribution in [0.2, 0.25) is 5.02 Å². The number of alkyl halides is 2. The molecule has 4 aliphatic rings. The molecule has 168 valence electrons. The zero-order valence-electron chi connectivity index (χ0n) is 17.9. The van der Waals surface area contributed by atoms with Crippen molar-refractivity contribution in [2.45, 2.75) is 56.9 Å². The normalized spacial score (nSPS) is 26.0. The topological polar surface area (TPSA) is 94.6 Å². The number of aryl methyl sites for hydroxylation is 1. The van der Waals surface area contributed by atoms with E-state index in [4.69, 9.17) is 21.6 Å². The quantitative estimate of drug-likeness (QED) is 0.530. The Morgan fingerprint density at radius 3 is 2.67 bits per heavy atom. The Hall–Kier alpha value is -3.23. The van der Waals surface area contributed by atoms with Crippen LogP contribution in [0, 0.1) is 28.1 Å². The lowest BCUT2D eigenvalue weighted by Gasteiger charge is -2.66. The van der Waals surface area contributed by atoms with E-state index in [9.17, 15) is 14.0 Å². The van der Waals surface area contributed by atoms with E-state index in [-0.39, 0.29) is 46.9 Å². The van der Waals surface area contributed by atoms with Gasteiger partial charge in [-0.05, 0) is 61.4 Å². The summed E-state index contributed by atoms with van der Waals surface area (Å²) in [6.45, 7) is 1.93. The highest BCUT2D eigenvalue weighted by Crippen LogP contribution is 2.67. The van der Waals surface area contributed by atoms with Gasteiger partial charge in [-0.2, -0.15) is 24.3 Å². The summed E-state index contributed by atoms with van der Waals surface area (Å²) >= 11 is 6.49. The number of aromatic nitrogens is 2. The Balaban J connectivity index is 1.51. The summed E-state index contributed by atoms with van der Waals surface area (Å²) in [6, 6.07) is 7.76. The fourth-order valence-electron chi connectivity index (χ4n) is 5.19. The number of benzene rings is 1. The maximum absolute atomic E-state index is 14.6. The van der Waals surface area contributed by atoms with Crippen LogP contribution in [0.5, 0.6) is 11.6 Å². The number of halogens is 3. The van der Waals surface area contributed by atoms with Gasteiger partial charge in [0.15, 0.2) is 5.75 Å². The Morgan fingerprint density at radius 1 is 1.24 bits per heavy atom. The molecule has 6 rings (SSSR count). The smallest absolute Gasteiger partial charge is 0.290 e. The molecule has 1 heterocycles. The van der Waals surface area contributed by atoms with Gasteiger partial charge in [-0.15, -0.1) is 0 Å². The summed E-state index contributed by atoms with van der Waals surface area (Å²) in [5.41, 5.74) is 0.862. The van der Waals surface area contributed by atoms with Crippen molar-refractivity contribution in [1.29, 1.82) is 10.5 Å². The van der Waals surface area contributed by atoms with Gasteiger partial charge in [-0.1, -0.05) is 18.5 Å². The first-order valence-electron chi connectivity index (χ1n) is 10.8. The number of hydrogen-bond donors (Lipinski definition) is 1. The second-order valence-corrected chi connectivity index (χ2v) is 9.53. The predicted molar refractivity (Wildman–Crippen MR) is 118 cm³/mol. The first-order chi connectivity index (χ1) is 15.7. The van der Waals surface area contributed by atoms with Gasteiger partial charge in [0.1, 0.15) is 5.69 Å². The van der Waals surface area contributed by atoms with Crippen LogP contribution in [0.4, 0.5) is 14.7 Å². The van der Waals surface area contributed by atoms with Crippen molar-refractivity contribution in [1.82, 2.24) is 9.97 Å². The summed E-state index contributed by atoms with van der Waals surface area (Å²) in [6.07, 6.45) is 5.29. The zero-order chi connectivity index (χ0) is 23.4. The summed E-state index contributed by atoms with van der Waals surface area (Å²) < 4.78 is 35.3. The van der Waals surface area contributed by atoms with E-state index >= 15 is 0 Å². The lowest BCUT2D eigenvalue weighted by molar-refractivity contribution is -0.0666. The molecule has 1 aromatic carbocycles. The van der Waals surface area contributed by atoms with Crippen molar-refractivity contribution in [2.24, 2.45) is 5.41 Å². The molecule has 0 radical (unpaired) electrons. The average molecular weight is 468 g/mol. The highest BCUT2D eigenvalue weighted by atomic mass is 35.5. The van der Waals surface area contributed by atoms with E-state index in [0.717, 1.165) is 11.1 Å². The summed E-state index contributed by atoms with van der Waals surface area (Å²) in [7, 11) is 0. The minimum atomic E-state index is -3.07. The highest BCUT2D eigenvalue weighted by Gasteiger charge is 2.69. The summed E-state index contributed by atoms with van der Waals surface area (Å²) in [5, 5.41) is 21.5. The summed E-state index contributed by atoms with van der Waals surface area (Å²) in [5.74, 6) is -2.56. The molecule has 6 nitrogen and oxygen atoms in total. The van der Waals surface area contributed by atoms with Crippen LogP contribution in [-0.2, 0) is 18.8 Å². The van der Waals surface area contributed by atoms with E-state index in [0.29, 0.717) is 36.5 Å². The number of allylic oxidation sites excluding steroid dienone is 1. The molecule has 0 spiro atoms. The highest BCUT2D eigenvalue weighted by molar-refractivity contribution is 6.32. The first kappa shape index (κ1) is 21.6. The number of fused-ring (bicyclic) bond motifs is 1. The van der Waals surface area contributed by atoms with Gasteiger partial charge in [-0.25, -0.2) is 4.98 Å². The molecule has 0 aliphatic heterocycles. The third kappa shape index (κ3) is 3.50. The van der Waals surface area contributed by atoms with Gasteiger partial charge >= 0.3 is 0 Å². The molecular weight excluding hydrogens is 448 g/mol. The Kier molecular flexibility index (Phi) is 4.84. The molecule has 0 amide bonds. The van der Waals surface area contributed by atoms with Crippen molar-refractivity contribution in [3.63, 3.8) is 0 Å². The monoisotopic (exact) mass is 467 g/mol. The van der Waals surface area contributed by atoms with E-state index in [1.165, 1.54) is 6.08 Å². The molecule has 2 aromatic rings. The Morgan fingerprint density at radius 2 is 2.00 bits per heavy atom. The second kappa shape index (κ2) is 7.40. The molecule has 9 heteroatoms. The van der Waals surface area contributed by atoms with Crippen LogP contribution in [-0.4, -0.2) is 15.5 Å². The molecule has 4 aliphatic carbocycles. The van der Waals surface area contributed by atoms with Crippen LogP contribution in [0.1, 0.15) is 55.0 Å². The predicted octanol–water partition coefficient (Wildman–Crippen LogP) is 5.92. The lowest BCUT2D eigenvalue weighted by Crippen LogP contribution is -2.70. The minimum absolute atomic E-state index is 0.0678. The molecule has 2 bridgehead atoms. The van der Waals surface area contributed by atoms with Crippen LogP contribution in [0.25, 0.3) is 6.08 Å². The van der Waals surface area contributed by atoms with Gasteiger partial charge in [0.25, 0.3) is 5.92 Å². The van der Waals surface area contributed by atoms with Gasteiger partial charge in [0, 0.05) is 23.6 Å². The standard InChI is InChI=1S/C24H20ClF2N5O/c1-2-15-8-14(4-3-7-28)9-17(25)18(15)33-20-16-5-6-24(26,27)19(16)30-21(31-20)32-23-10-22(11-23,12-23)13-29/h3-4,8-9H,2,5-6,10-12H2,1H3,(H,30,31,32)/b4-3+. The van der Waals surface area contributed by atoms with E-state index in [1.54, 1.807) is 12.1 Å². The molecule has 0 saturated heterocycles. The van der Waals surface area contributed by atoms with E-state index in [1.807, 2.05) is 19.1 Å². The number of nitrogens with one attached hydrogen (secondary N) is 1. The molecule has 3 saturated carbocycles. The van der Waals surface area contributed by atoms with Crippen molar-refractivity contribution in [2.75, 3.05) is 5.32 Å². The van der Waals surface area contributed by atoms with Crippen molar-refractivity contribution in [3.8, 4) is 23.8 Å². The largest absolute Gasteiger partial charge is 0.437 e. The molecule has 0 unspecified atom stereocenters. The van der Waals surface area contributed by atoms with E-state index in [2.05, 4.69) is 21.4 Å². The number of nitriles is 2. The number of hydrogen-bond acceptors (Lipinski definition) is 6. The van der Waals surface area contributed by atoms with E-state index < -0.39 is 5.92 Å². The third-order valence-corrected chi connectivity index (χ3v) is 7.00. The fraction of sp³-hybridized carbons (Fsp3) is 0.417. The zero-order valence-corrected chi connectivity index (χ0v) is 18.6. The number of nitrogens with zero attached hydrogens (tertiary/aromatic N) is 4. The average Bonchev–Trinajstić information content (AvgIpc) is 3.04. The third-order valence-electron chi connectivity index (χ3n) is 6.72. The second-order valence-electron chi connectivity index (χ2n) is 9.12. The Labute approximate surface area is 194 Å². The maximum atomic E-state index is 14.6. The van der Waals surface area contributed by atoms with Crippen molar-refractivity contribution < 1.29 is 13.5 Å². The molecule has 33 heavy (non-hydrogen) atoms. The summed E-state index contributed by atoms with van der Waals surface area (Å²) in [4.78, 5) is 8.61. The fourth-order valence-corrected chi connectivity index (χ4v) is 5.47. The van der Waals surface area contributed by atoms with Crippen molar-refractivity contribution >= 4 is 23.6 Å². The lowest BCUT2D eigenvalue weighted by atomic mass is 9.40. The molecule has 1 aromatic heterocycles. The van der Waals surface area contributed by atoms with Gasteiger partial charge in [0.2, 0.25) is 11.8 Å². The van der Waals surface area contributed by atoms with Gasteiger partial charge < -0.3 is 10.1 Å². The number of rotatable bonds is 6. The first-order valence-corrected chi connectivity index (χ1v) is 11.1. The number of ether oxygens (including phenoxy) is 1. The Bertz CT molecular complexity index is 1260. The van der Waals surface area contributed by atoms with Crippen molar-refractivity contribution in [3.05, 3.63) is 45.6 Å². The molecular formula is C24H20ClF2N5O. The number of anilines is 1. The van der Waals surface area contributed by atoms with Crippen LogP contribution >= 0.6 is 11.6 Å². The molecule has 3 fully saturated rings. The maximum Gasteiger partial charge on any atom is 0.290 e.